The summed E-state index contributed by atoms with van der Waals surface area (Å²) in [5.74, 6) is 1.38. The molecule has 0 bridgehead atoms. The smallest absolute Gasteiger partial charge is 0.317 e. The third kappa shape index (κ3) is 3.76. The Morgan fingerprint density at radius 1 is 1.23 bits per heavy atom. The fourth-order valence-electron chi connectivity index (χ4n) is 3.38. The van der Waals surface area contributed by atoms with E-state index in [9.17, 15) is 4.79 Å². The van der Waals surface area contributed by atoms with Crippen molar-refractivity contribution in [3.05, 3.63) is 40.7 Å². The minimum atomic E-state index is -0.162. The molecule has 2 amide bonds. The summed E-state index contributed by atoms with van der Waals surface area (Å²) in [5, 5.41) is 10.5. The number of aromatic nitrogens is 2. The molecule has 7 nitrogen and oxygen atoms in total. The van der Waals surface area contributed by atoms with Crippen LogP contribution in [0.3, 0.4) is 0 Å². The Hall–Kier alpha value is -2.70. The zero-order valence-corrected chi connectivity index (χ0v) is 15.6. The van der Waals surface area contributed by atoms with Crippen LogP contribution < -0.4 is 14.8 Å². The van der Waals surface area contributed by atoms with Gasteiger partial charge in [-0.15, -0.1) is 0 Å². The molecule has 1 aromatic carbocycles. The van der Waals surface area contributed by atoms with Crippen molar-refractivity contribution in [2.45, 2.75) is 38.8 Å². The van der Waals surface area contributed by atoms with E-state index in [-0.39, 0.29) is 6.03 Å². The number of hydrogen-bond donors (Lipinski definition) is 2. The van der Waals surface area contributed by atoms with Crippen molar-refractivity contribution in [3.63, 3.8) is 0 Å². The van der Waals surface area contributed by atoms with E-state index < -0.39 is 0 Å². The lowest BCUT2D eigenvalue weighted by atomic mass is 9.96. The largest absolute Gasteiger partial charge is 0.496 e. The maximum Gasteiger partial charge on any atom is 0.317 e. The Morgan fingerprint density at radius 3 is 2.62 bits per heavy atom. The number of methoxy groups -OCH3 is 2. The molecule has 0 saturated heterocycles. The zero-order chi connectivity index (χ0) is 18.5. The van der Waals surface area contributed by atoms with E-state index in [1.54, 1.807) is 26.2 Å². The highest BCUT2D eigenvalue weighted by atomic mass is 16.5. The van der Waals surface area contributed by atoms with Gasteiger partial charge < -0.3 is 19.7 Å². The van der Waals surface area contributed by atoms with Gasteiger partial charge >= 0.3 is 6.03 Å². The van der Waals surface area contributed by atoms with Crippen LogP contribution in [0, 0.1) is 0 Å². The molecule has 1 aromatic heterocycles. The molecule has 0 atom stereocenters. The third-order valence-electron chi connectivity index (χ3n) is 4.82. The fourth-order valence-corrected chi connectivity index (χ4v) is 3.38. The van der Waals surface area contributed by atoms with E-state index in [0.717, 1.165) is 24.1 Å². The van der Waals surface area contributed by atoms with Gasteiger partial charge in [0, 0.05) is 12.7 Å². The number of aromatic amines is 1. The highest BCUT2D eigenvalue weighted by Gasteiger charge is 2.20. The fraction of sp³-hybridized carbons (Fsp3) is 0.474. The lowest BCUT2D eigenvalue weighted by Gasteiger charge is -2.20. The third-order valence-corrected chi connectivity index (χ3v) is 4.82. The summed E-state index contributed by atoms with van der Waals surface area (Å²) in [6.45, 7) is 0.815. The summed E-state index contributed by atoms with van der Waals surface area (Å²) in [6.07, 6.45) is 4.47. The van der Waals surface area contributed by atoms with Gasteiger partial charge in [0.1, 0.15) is 11.5 Å². The van der Waals surface area contributed by atoms with Crippen LogP contribution in [0.1, 0.15) is 35.4 Å². The number of amides is 2. The number of H-pyrrole nitrogens is 1. The maximum absolute atomic E-state index is 12.5. The summed E-state index contributed by atoms with van der Waals surface area (Å²) in [6, 6.07) is 5.40. The van der Waals surface area contributed by atoms with E-state index >= 15 is 0 Å². The van der Waals surface area contributed by atoms with Crippen LogP contribution in [0.15, 0.2) is 18.2 Å². The summed E-state index contributed by atoms with van der Waals surface area (Å²) in [4.78, 5) is 14.2. The number of hydrogen-bond acceptors (Lipinski definition) is 4. The van der Waals surface area contributed by atoms with Gasteiger partial charge in [0.15, 0.2) is 0 Å². The molecule has 0 saturated carbocycles. The first-order chi connectivity index (χ1) is 12.6. The number of carbonyl (C=O) groups is 1. The topological polar surface area (TPSA) is 79.5 Å². The number of rotatable bonds is 6. The molecule has 0 radical (unpaired) electrons. The van der Waals surface area contributed by atoms with Crippen LogP contribution in [0.25, 0.3) is 0 Å². The van der Waals surface area contributed by atoms with Gasteiger partial charge in [0.05, 0.1) is 38.6 Å². The van der Waals surface area contributed by atoms with Crippen LogP contribution in [0.4, 0.5) is 4.79 Å². The van der Waals surface area contributed by atoms with Crippen molar-refractivity contribution in [3.8, 4) is 11.5 Å². The second-order valence-electron chi connectivity index (χ2n) is 6.49. The molecule has 26 heavy (non-hydrogen) atoms. The van der Waals surface area contributed by atoms with Crippen LogP contribution >= 0.6 is 0 Å². The molecule has 0 unspecified atom stereocenters. The number of nitrogens with one attached hydrogen (secondary N) is 2. The molecule has 1 heterocycles. The summed E-state index contributed by atoms with van der Waals surface area (Å²) >= 11 is 0. The standard InChI is InChI=1S/C19H26N4O3/c1-23(12-16-13-7-4-5-8-15(13)21-22-16)19(24)20-11-14-17(25-2)9-6-10-18(14)26-3/h6,9-10H,4-5,7-8,11-12H2,1-3H3,(H,20,24)(H,21,22). The average molecular weight is 358 g/mol. The first-order valence-electron chi connectivity index (χ1n) is 8.87. The van der Waals surface area contributed by atoms with Crippen LogP contribution in [0.5, 0.6) is 11.5 Å². The first kappa shape index (κ1) is 18.1. The van der Waals surface area contributed by atoms with Gasteiger partial charge in [-0.3, -0.25) is 5.10 Å². The maximum atomic E-state index is 12.5. The normalized spacial score (nSPS) is 13.0. The molecule has 7 heteroatoms. The first-order valence-corrected chi connectivity index (χ1v) is 8.87. The lowest BCUT2D eigenvalue weighted by molar-refractivity contribution is 0.205. The number of urea groups is 1. The van der Waals surface area contributed by atoms with E-state index in [1.807, 2.05) is 18.2 Å². The summed E-state index contributed by atoms with van der Waals surface area (Å²) in [7, 11) is 4.98. The number of fused-ring (bicyclic) bond motifs is 1. The van der Waals surface area contributed by atoms with Gasteiger partial charge in [-0.1, -0.05) is 6.07 Å². The molecule has 1 aliphatic rings. The molecular formula is C19H26N4O3. The average Bonchev–Trinajstić information content (AvgIpc) is 3.08. The van der Waals surface area contributed by atoms with Gasteiger partial charge in [0.25, 0.3) is 0 Å². The van der Waals surface area contributed by atoms with Crippen molar-refractivity contribution in [2.24, 2.45) is 0 Å². The Bertz CT molecular complexity index is 750. The van der Waals surface area contributed by atoms with E-state index in [1.165, 1.54) is 24.1 Å². The van der Waals surface area contributed by atoms with Gasteiger partial charge in [-0.25, -0.2) is 4.79 Å². The number of ether oxygens (including phenoxy) is 2. The SMILES string of the molecule is COc1cccc(OC)c1CNC(=O)N(C)Cc1n[nH]c2c1CCCC2. The highest BCUT2D eigenvalue weighted by Crippen LogP contribution is 2.28. The number of benzene rings is 1. The minimum absolute atomic E-state index is 0.162. The molecule has 3 rings (SSSR count). The number of aryl methyl sites for hydroxylation is 1. The highest BCUT2D eigenvalue weighted by molar-refractivity contribution is 5.74. The van der Waals surface area contributed by atoms with Gasteiger partial charge in [0.2, 0.25) is 0 Å². The molecule has 0 aliphatic heterocycles. The zero-order valence-electron chi connectivity index (χ0n) is 15.6. The second kappa shape index (κ2) is 8.12. The summed E-state index contributed by atoms with van der Waals surface area (Å²) < 4.78 is 10.7. The Balaban J connectivity index is 1.63. The van der Waals surface area contributed by atoms with Crippen molar-refractivity contribution >= 4 is 6.03 Å². The van der Waals surface area contributed by atoms with E-state index in [4.69, 9.17) is 9.47 Å². The van der Waals surface area contributed by atoms with Gasteiger partial charge in [-0.05, 0) is 43.4 Å². The quantitative estimate of drug-likeness (QED) is 0.832. The van der Waals surface area contributed by atoms with E-state index in [0.29, 0.717) is 24.6 Å². The lowest BCUT2D eigenvalue weighted by Crippen LogP contribution is -2.36. The molecule has 0 spiro atoms. The number of carbonyl (C=O) groups excluding carboxylic acids is 1. The predicted octanol–water partition coefficient (Wildman–Crippen LogP) is 2.65. The van der Waals surface area contributed by atoms with Crippen molar-refractivity contribution in [2.75, 3.05) is 21.3 Å². The molecule has 0 fully saturated rings. The minimum Gasteiger partial charge on any atom is -0.496 e. The Morgan fingerprint density at radius 2 is 1.92 bits per heavy atom. The molecule has 2 aromatic rings. The van der Waals surface area contributed by atoms with Crippen LogP contribution in [-0.4, -0.2) is 42.4 Å². The second-order valence-corrected chi connectivity index (χ2v) is 6.49. The molecule has 140 valence electrons. The molecule has 2 N–H and O–H groups in total. The van der Waals surface area contributed by atoms with Crippen molar-refractivity contribution < 1.29 is 14.3 Å². The monoisotopic (exact) mass is 358 g/mol. The van der Waals surface area contributed by atoms with Crippen molar-refractivity contribution in [1.82, 2.24) is 20.4 Å². The van der Waals surface area contributed by atoms with Crippen LogP contribution in [-0.2, 0) is 25.9 Å². The Kier molecular flexibility index (Phi) is 5.65. The van der Waals surface area contributed by atoms with Crippen LogP contribution in [0.2, 0.25) is 0 Å². The molecular weight excluding hydrogens is 332 g/mol. The summed E-state index contributed by atoms with van der Waals surface area (Å²) in [5.41, 5.74) is 4.28. The van der Waals surface area contributed by atoms with Gasteiger partial charge in [-0.2, -0.15) is 5.10 Å². The Labute approximate surface area is 153 Å². The van der Waals surface area contributed by atoms with E-state index in [2.05, 4.69) is 15.5 Å². The number of nitrogens with zero attached hydrogens (tertiary/aromatic N) is 2. The molecule has 1 aliphatic carbocycles. The van der Waals surface area contributed by atoms with Crippen molar-refractivity contribution in [1.29, 1.82) is 0 Å². The predicted molar refractivity (Wildman–Crippen MR) is 98.5 cm³/mol.